The van der Waals surface area contributed by atoms with Crippen LogP contribution in [0.2, 0.25) is 5.02 Å². The fraction of sp³-hybridized carbons (Fsp3) is 0.407. The zero-order chi connectivity index (χ0) is 25.2. The Morgan fingerprint density at radius 3 is 2.75 bits per heavy atom. The summed E-state index contributed by atoms with van der Waals surface area (Å²) < 4.78 is 0. The second-order valence-corrected chi connectivity index (χ2v) is 10.8. The first-order valence-corrected chi connectivity index (χ1v) is 13.2. The smallest absolute Gasteiger partial charge is 0.227 e. The molecule has 0 saturated carbocycles. The molecule has 1 aromatic carbocycles. The number of thiocarbonyl (C=S) groups is 1. The van der Waals surface area contributed by atoms with E-state index in [9.17, 15) is 0 Å². The Bertz CT molecular complexity index is 1270. The average Bonchev–Trinajstić information content (AvgIpc) is 2.99. The zero-order valence-corrected chi connectivity index (χ0v) is 22.6. The van der Waals surface area contributed by atoms with Gasteiger partial charge in [0.15, 0.2) is 0 Å². The number of pyridine rings is 1. The van der Waals surface area contributed by atoms with Crippen LogP contribution in [0.25, 0.3) is 11.3 Å². The molecule has 9 heteroatoms. The predicted octanol–water partition coefficient (Wildman–Crippen LogP) is 5.11. The number of anilines is 3. The molecule has 2 aromatic heterocycles. The molecule has 5 rings (SSSR count). The van der Waals surface area contributed by atoms with Crippen molar-refractivity contribution in [3.05, 3.63) is 58.5 Å². The lowest BCUT2D eigenvalue weighted by Crippen LogP contribution is -2.42. The van der Waals surface area contributed by atoms with Crippen molar-refractivity contribution in [3.63, 3.8) is 0 Å². The number of rotatable bonds is 6. The minimum atomic E-state index is 0.537. The highest BCUT2D eigenvalue weighted by atomic mass is 35.5. The Morgan fingerprint density at radius 1 is 1.17 bits per heavy atom. The van der Waals surface area contributed by atoms with Crippen LogP contribution < -0.4 is 10.6 Å². The molecule has 36 heavy (non-hydrogen) atoms. The largest absolute Gasteiger partial charge is 0.349 e. The molecule has 7 nitrogen and oxygen atoms in total. The van der Waals surface area contributed by atoms with E-state index in [0.717, 1.165) is 64.9 Å². The molecule has 0 unspecified atom stereocenters. The van der Waals surface area contributed by atoms with Gasteiger partial charge in [-0.15, -0.1) is 0 Å². The van der Waals surface area contributed by atoms with E-state index in [1.807, 2.05) is 37.5 Å². The fourth-order valence-electron chi connectivity index (χ4n) is 4.93. The molecule has 2 N–H and O–H groups in total. The van der Waals surface area contributed by atoms with Crippen molar-refractivity contribution >= 4 is 46.1 Å². The number of fused-ring (bicyclic) bond motifs is 3. The Kier molecular flexibility index (Phi) is 7.48. The van der Waals surface area contributed by atoms with E-state index in [-0.39, 0.29) is 0 Å². The Morgan fingerprint density at radius 2 is 1.97 bits per heavy atom. The van der Waals surface area contributed by atoms with Gasteiger partial charge in [0.25, 0.3) is 0 Å². The van der Waals surface area contributed by atoms with Crippen LogP contribution in [-0.4, -0.2) is 69.5 Å². The lowest BCUT2D eigenvalue weighted by molar-refractivity contribution is 0.146. The molecule has 0 bridgehead atoms. The van der Waals surface area contributed by atoms with Gasteiger partial charge in [-0.25, -0.2) is 9.97 Å². The van der Waals surface area contributed by atoms with Gasteiger partial charge in [0, 0.05) is 53.2 Å². The fourth-order valence-corrected chi connectivity index (χ4v) is 5.37. The second kappa shape index (κ2) is 10.8. The quantitative estimate of drug-likeness (QED) is 0.434. The van der Waals surface area contributed by atoms with Gasteiger partial charge in [0.1, 0.15) is 0 Å². The topological polar surface area (TPSA) is 69.2 Å². The molecule has 0 atom stereocenters. The standard InChI is InChI=1S/C27H32ClN7S/c1-17-23(12-18(15-29-17)6-9-35-10-7-21(8-11-35)34(2)3)32-27-30-16-19-13-25(36)31-24-14-20(28)4-5-22(24)26(19)33-27/h4-5,12,14-16,21H,6-11,13H2,1-3H3,(H,31,36)(H,30,32,33). The lowest BCUT2D eigenvalue weighted by Gasteiger charge is -2.35. The van der Waals surface area contributed by atoms with Crippen molar-refractivity contribution in [2.75, 3.05) is 44.4 Å². The molecule has 1 fully saturated rings. The van der Waals surface area contributed by atoms with Crippen molar-refractivity contribution in [1.29, 1.82) is 0 Å². The van der Waals surface area contributed by atoms with Crippen molar-refractivity contribution in [2.24, 2.45) is 0 Å². The number of nitrogens with zero attached hydrogens (tertiary/aromatic N) is 5. The minimum Gasteiger partial charge on any atom is -0.349 e. The van der Waals surface area contributed by atoms with Crippen molar-refractivity contribution in [3.8, 4) is 11.3 Å². The highest BCUT2D eigenvalue weighted by Crippen LogP contribution is 2.35. The Balaban J connectivity index is 1.32. The molecular formula is C27H32ClN7S. The number of nitrogens with one attached hydrogen (secondary N) is 2. The molecule has 1 saturated heterocycles. The number of hydrogen-bond acceptors (Lipinski definition) is 7. The first kappa shape index (κ1) is 25.0. The third-order valence-corrected chi connectivity index (χ3v) is 7.60. The van der Waals surface area contributed by atoms with Crippen LogP contribution in [0.3, 0.4) is 0 Å². The van der Waals surface area contributed by atoms with Crippen LogP contribution in [0.15, 0.2) is 36.7 Å². The maximum Gasteiger partial charge on any atom is 0.227 e. The number of likely N-dealkylation sites (tertiary alicyclic amines) is 1. The summed E-state index contributed by atoms with van der Waals surface area (Å²) in [5, 5.41) is 7.35. The molecule has 4 heterocycles. The van der Waals surface area contributed by atoms with Crippen LogP contribution in [0.4, 0.5) is 17.3 Å². The molecule has 188 valence electrons. The van der Waals surface area contributed by atoms with Gasteiger partial charge in [-0.1, -0.05) is 23.8 Å². The summed E-state index contributed by atoms with van der Waals surface area (Å²) in [4.78, 5) is 19.7. The van der Waals surface area contributed by atoms with E-state index < -0.39 is 0 Å². The highest BCUT2D eigenvalue weighted by molar-refractivity contribution is 7.80. The monoisotopic (exact) mass is 521 g/mol. The number of benzene rings is 1. The van der Waals surface area contributed by atoms with E-state index in [2.05, 4.69) is 50.6 Å². The molecule has 0 spiro atoms. The van der Waals surface area contributed by atoms with Gasteiger partial charge >= 0.3 is 0 Å². The number of hydrogen-bond donors (Lipinski definition) is 2. The Labute approximate surface area is 223 Å². The molecule has 2 aliphatic heterocycles. The van der Waals surface area contributed by atoms with E-state index in [0.29, 0.717) is 23.4 Å². The lowest BCUT2D eigenvalue weighted by atomic mass is 10.0. The summed E-state index contributed by atoms with van der Waals surface area (Å²) in [6, 6.07) is 8.61. The average molecular weight is 522 g/mol. The van der Waals surface area contributed by atoms with Crippen LogP contribution in [0.5, 0.6) is 0 Å². The summed E-state index contributed by atoms with van der Waals surface area (Å²) in [6.45, 7) is 5.36. The van der Waals surface area contributed by atoms with Gasteiger partial charge in [-0.05, 0) is 83.2 Å². The summed E-state index contributed by atoms with van der Waals surface area (Å²) in [7, 11) is 4.36. The molecule has 2 aliphatic rings. The van der Waals surface area contributed by atoms with Crippen molar-refractivity contribution < 1.29 is 0 Å². The van der Waals surface area contributed by atoms with Gasteiger partial charge in [-0.2, -0.15) is 0 Å². The molecular weight excluding hydrogens is 490 g/mol. The number of halogens is 1. The molecule has 0 amide bonds. The maximum atomic E-state index is 6.23. The van der Waals surface area contributed by atoms with E-state index in [1.54, 1.807) is 0 Å². The first-order chi connectivity index (χ1) is 17.4. The third kappa shape index (κ3) is 5.67. The number of aryl methyl sites for hydroxylation is 1. The Hall–Kier alpha value is -2.65. The van der Waals surface area contributed by atoms with Crippen LogP contribution >= 0.6 is 23.8 Å². The second-order valence-electron chi connectivity index (χ2n) is 9.87. The summed E-state index contributed by atoms with van der Waals surface area (Å²) in [5.41, 5.74) is 6.72. The third-order valence-electron chi connectivity index (χ3n) is 7.12. The molecule has 3 aromatic rings. The number of piperidine rings is 1. The van der Waals surface area contributed by atoms with E-state index in [4.69, 9.17) is 28.8 Å². The zero-order valence-electron chi connectivity index (χ0n) is 21.0. The van der Waals surface area contributed by atoms with Gasteiger partial charge in [0.2, 0.25) is 5.95 Å². The van der Waals surface area contributed by atoms with E-state index in [1.165, 1.54) is 18.4 Å². The highest BCUT2D eigenvalue weighted by Gasteiger charge is 2.21. The normalized spacial score (nSPS) is 16.3. The van der Waals surface area contributed by atoms with Gasteiger partial charge in [0.05, 0.1) is 22.1 Å². The predicted molar refractivity (Wildman–Crippen MR) is 152 cm³/mol. The number of aromatic nitrogens is 3. The summed E-state index contributed by atoms with van der Waals surface area (Å²) in [5.74, 6) is 0.537. The first-order valence-electron chi connectivity index (χ1n) is 12.4. The molecule has 0 radical (unpaired) electrons. The van der Waals surface area contributed by atoms with Crippen LogP contribution in [0, 0.1) is 6.92 Å². The summed E-state index contributed by atoms with van der Waals surface area (Å²) >= 11 is 11.7. The van der Waals surface area contributed by atoms with Gasteiger partial charge in [-0.3, -0.25) is 4.98 Å². The summed E-state index contributed by atoms with van der Waals surface area (Å²) in [6.07, 6.45) is 7.86. The van der Waals surface area contributed by atoms with E-state index >= 15 is 0 Å². The van der Waals surface area contributed by atoms with Crippen molar-refractivity contribution in [2.45, 2.75) is 38.6 Å². The van der Waals surface area contributed by atoms with Crippen LogP contribution in [-0.2, 0) is 12.8 Å². The minimum absolute atomic E-state index is 0.537. The van der Waals surface area contributed by atoms with Crippen LogP contribution in [0.1, 0.15) is 29.7 Å². The molecule has 0 aliphatic carbocycles. The van der Waals surface area contributed by atoms with Crippen molar-refractivity contribution in [1.82, 2.24) is 24.8 Å². The maximum absolute atomic E-state index is 6.23. The SMILES string of the molecule is Cc1ncc(CCN2CCC(N(C)C)CC2)cc1Nc1ncc2c(n1)-c1ccc(Cl)cc1NC(=S)C2. The van der Waals surface area contributed by atoms with Gasteiger partial charge < -0.3 is 20.4 Å².